The van der Waals surface area contributed by atoms with E-state index in [0.717, 1.165) is 22.3 Å². The maximum absolute atomic E-state index is 13.6. The molecule has 1 aromatic heterocycles. The van der Waals surface area contributed by atoms with Gasteiger partial charge in [0.05, 0.1) is 5.52 Å². The second-order valence-electron chi connectivity index (χ2n) is 6.26. The van der Waals surface area contributed by atoms with Crippen LogP contribution in [-0.2, 0) is 4.74 Å². The van der Waals surface area contributed by atoms with Crippen molar-refractivity contribution < 1.29 is 13.9 Å². The van der Waals surface area contributed by atoms with E-state index < -0.39 is 0 Å². The Morgan fingerprint density at radius 2 is 1.88 bits per heavy atom. The minimum Gasteiger partial charge on any atom is -0.468 e. The molecule has 0 aliphatic carbocycles. The Morgan fingerprint density at radius 1 is 1.08 bits per heavy atom. The van der Waals surface area contributed by atoms with Crippen LogP contribution in [-0.4, -0.2) is 18.5 Å². The van der Waals surface area contributed by atoms with Gasteiger partial charge in [0.1, 0.15) is 11.6 Å². The third-order valence-electron chi connectivity index (χ3n) is 4.14. The fraction of sp³-hybridized carbons (Fsp3) is 0.300. The minimum absolute atomic E-state index is 0.184. The van der Waals surface area contributed by atoms with Gasteiger partial charge in [-0.15, -0.1) is 0 Å². The lowest BCUT2D eigenvalue weighted by molar-refractivity contribution is 0.0512. The van der Waals surface area contributed by atoms with Crippen molar-refractivity contribution in [3.8, 4) is 11.4 Å². The summed E-state index contributed by atoms with van der Waals surface area (Å²) in [5, 5.41) is 1.09. The topological polar surface area (TPSA) is 23.4 Å². The Labute approximate surface area is 141 Å². The monoisotopic (exact) mass is 327 g/mol. The maximum Gasteiger partial charge on any atom is 0.188 e. The fourth-order valence-corrected chi connectivity index (χ4v) is 2.91. The van der Waals surface area contributed by atoms with Crippen LogP contribution < -0.4 is 4.74 Å². The van der Waals surface area contributed by atoms with Gasteiger partial charge in [-0.1, -0.05) is 13.8 Å². The highest BCUT2D eigenvalue weighted by atomic mass is 19.1. The minimum atomic E-state index is -0.184. The molecular formula is C20H22FNO2. The van der Waals surface area contributed by atoms with E-state index in [-0.39, 0.29) is 12.6 Å². The normalized spacial score (nSPS) is 11.4. The number of aryl methyl sites for hydroxylation is 1. The van der Waals surface area contributed by atoms with Crippen molar-refractivity contribution in [2.75, 3.05) is 13.9 Å². The van der Waals surface area contributed by atoms with Crippen LogP contribution in [0.3, 0.4) is 0 Å². The SMILES string of the molecule is COCOc1ccc2c(c1)cc(C(C)C)n2-c1ccc(F)c(C)c1. The lowest BCUT2D eigenvalue weighted by Gasteiger charge is -2.14. The smallest absolute Gasteiger partial charge is 0.188 e. The molecule has 0 spiro atoms. The van der Waals surface area contributed by atoms with Crippen molar-refractivity contribution in [3.63, 3.8) is 0 Å². The van der Waals surface area contributed by atoms with Crippen LogP contribution in [0.5, 0.6) is 5.75 Å². The first-order chi connectivity index (χ1) is 11.5. The van der Waals surface area contributed by atoms with Crippen molar-refractivity contribution >= 4 is 10.9 Å². The summed E-state index contributed by atoms with van der Waals surface area (Å²) >= 11 is 0. The first-order valence-corrected chi connectivity index (χ1v) is 8.05. The van der Waals surface area contributed by atoms with E-state index in [9.17, 15) is 4.39 Å². The van der Waals surface area contributed by atoms with Crippen LogP contribution in [0.15, 0.2) is 42.5 Å². The summed E-state index contributed by atoms with van der Waals surface area (Å²) in [5.74, 6) is 0.926. The number of nitrogens with zero attached hydrogens (tertiary/aromatic N) is 1. The highest BCUT2D eigenvalue weighted by Gasteiger charge is 2.14. The molecule has 24 heavy (non-hydrogen) atoms. The van der Waals surface area contributed by atoms with Gasteiger partial charge in [-0.2, -0.15) is 0 Å². The number of rotatable bonds is 5. The number of hydrogen-bond acceptors (Lipinski definition) is 2. The first-order valence-electron chi connectivity index (χ1n) is 8.05. The Balaban J connectivity index is 2.17. The van der Waals surface area contributed by atoms with E-state index in [1.807, 2.05) is 30.3 Å². The molecule has 0 fully saturated rings. The number of fused-ring (bicyclic) bond motifs is 1. The summed E-state index contributed by atoms with van der Waals surface area (Å²) in [5.41, 5.74) is 3.87. The van der Waals surface area contributed by atoms with Crippen LogP contribution in [0.25, 0.3) is 16.6 Å². The largest absolute Gasteiger partial charge is 0.468 e. The van der Waals surface area contributed by atoms with E-state index in [4.69, 9.17) is 9.47 Å². The Kier molecular flexibility index (Phi) is 4.58. The summed E-state index contributed by atoms with van der Waals surface area (Å²) in [4.78, 5) is 0. The van der Waals surface area contributed by atoms with E-state index in [2.05, 4.69) is 24.5 Å². The molecule has 0 aliphatic rings. The molecule has 0 radical (unpaired) electrons. The van der Waals surface area contributed by atoms with Gasteiger partial charge < -0.3 is 14.0 Å². The summed E-state index contributed by atoms with van der Waals surface area (Å²) in [6.45, 7) is 6.32. The molecule has 0 atom stereocenters. The molecule has 0 saturated carbocycles. The van der Waals surface area contributed by atoms with Crippen LogP contribution in [0, 0.1) is 12.7 Å². The molecule has 3 rings (SSSR count). The molecule has 3 aromatic rings. The van der Waals surface area contributed by atoms with E-state index >= 15 is 0 Å². The fourth-order valence-electron chi connectivity index (χ4n) is 2.91. The maximum atomic E-state index is 13.6. The standard InChI is InChI=1S/C20H22FNO2/c1-13(2)20-11-15-10-17(24-12-23-4)6-8-19(15)22(20)16-5-7-18(21)14(3)9-16/h5-11,13H,12H2,1-4H3. The van der Waals surface area contributed by atoms with E-state index in [1.165, 1.54) is 11.8 Å². The molecule has 3 nitrogen and oxygen atoms in total. The van der Waals surface area contributed by atoms with Gasteiger partial charge >= 0.3 is 0 Å². The highest BCUT2D eigenvalue weighted by molar-refractivity contribution is 5.85. The van der Waals surface area contributed by atoms with Crippen LogP contribution in [0.4, 0.5) is 4.39 Å². The molecule has 2 aromatic carbocycles. The third kappa shape index (κ3) is 3.02. The molecule has 0 amide bonds. The number of benzene rings is 2. The lowest BCUT2D eigenvalue weighted by Crippen LogP contribution is -2.02. The molecule has 0 aliphatic heterocycles. The van der Waals surface area contributed by atoms with Crippen molar-refractivity contribution in [3.05, 3.63) is 59.5 Å². The second kappa shape index (κ2) is 6.65. The highest BCUT2D eigenvalue weighted by Crippen LogP contribution is 2.31. The average Bonchev–Trinajstić information content (AvgIpc) is 2.94. The predicted molar refractivity (Wildman–Crippen MR) is 94.6 cm³/mol. The lowest BCUT2D eigenvalue weighted by atomic mass is 10.1. The van der Waals surface area contributed by atoms with Gasteiger partial charge in [-0.25, -0.2) is 4.39 Å². The van der Waals surface area contributed by atoms with Crippen molar-refractivity contribution in [1.29, 1.82) is 0 Å². The first kappa shape index (κ1) is 16.5. The molecule has 126 valence electrons. The zero-order chi connectivity index (χ0) is 17.3. The van der Waals surface area contributed by atoms with Gasteiger partial charge in [0, 0.05) is 23.9 Å². The number of aromatic nitrogens is 1. The van der Waals surface area contributed by atoms with Gasteiger partial charge in [0.15, 0.2) is 6.79 Å². The summed E-state index contributed by atoms with van der Waals surface area (Å²) in [7, 11) is 1.60. The zero-order valence-electron chi connectivity index (χ0n) is 14.5. The number of hydrogen-bond donors (Lipinski definition) is 0. The number of methoxy groups -OCH3 is 1. The molecule has 0 unspecified atom stereocenters. The molecule has 4 heteroatoms. The summed E-state index contributed by atoms with van der Waals surface area (Å²) in [6.07, 6.45) is 0. The van der Waals surface area contributed by atoms with Crippen molar-refractivity contribution in [1.82, 2.24) is 4.57 Å². The Morgan fingerprint density at radius 3 is 2.54 bits per heavy atom. The van der Waals surface area contributed by atoms with Gasteiger partial charge in [0.25, 0.3) is 0 Å². The Hall–Kier alpha value is -2.33. The van der Waals surface area contributed by atoms with Gasteiger partial charge in [-0.3, -0.25) is 0 Å². The average molecular weight is 327 g/mol. The third-order valence-corrected chi connectivity index (χ3v) is 4.14. The number of ether oxygens (including phenoxy) is 2. The molecular weight excluding hydrogens is 305 g/mol. The summed E-state index contributed by atoms with van der Waals surface area (Å²) in [6, 6.07) is 13.4. The van der Waals surface area contributed by atoms with Crippen LogP contribution in [0.1, 0.15) is 31.0 Å². The molecule has 0 saturated heterocycles. The molecule has 0 bridgehead atoms. The van der Waals surface area contributed by atoms with E-state index in [1.54, 1.807) is 14.0 Å². The molecule has 0 N–H and O–H groups in total. The summed E-state index contributed by atoms with van der Waals surface area (Å²) < 4.78 is 26.3. The second-order valence-corrected chi connectivity index (χ2v) is 6.26. The van der Waals surface area contributed by atoms with Crippen LogP contribution in [0.2, 0.25) is 0 Å². The molecule has 1 heterocycles. The van der Waals surface area contributed by atoms with Gasteiger partial charge in [0.2, 0.25) is 0 Å². The van der Waals surface area contributed by atoms with E-state index in [0.29, 0.717) is 11.5 Å². The van der Waals surface area contributed by atoms with Crippen molar-refractivity contribution in [2.45, 2.75) is 26.7 Å². The number of halogens is 1. The van der Waals surface area contributed by atoms with Crippen molar-refractivity contribution in [2.24, 2.45) is 0 Å². The zero-order valence-corrected chi connectivity index (χ0v) is 14.5. The quantitative estimate of drug-likeness (QED) is 0.602. The van der Waals surface area contributed by atoms with Gasteiger partial charge in [-0.05, 0) is 60.9 Å². The van der Waals surface area contributed by atoms with Crippen LogP contribution >= 0.6 is 0 Å². The predicted octanol–water partition coefficient (Wildman–Crippen LogP) is 5.18. The Bertz CT molecular complexity index is 867.